The van der Waals surface area contributed by atoms with Gasteiger partial charge in [-0.3, -0.25) is 14.2 Å². The van der Waals surface area contributed by atoms with Gasteiger partial charge in [0.2, 0.25) is 0 Å². The van der Waals surface area contributed by atoms with Crippen molar-refractivity contribution in [3.05, 3.63) is 40.8 Å². The molecule has 0 spiro atoms. The van der Waals surface area contributed by atoms with Gasteiger partial charge in [-0.1, -0.05) is 6.42 Å². The lowest BCUT2D eigenvalue weighted by Gasteiger charge is -2.34. The Labute approximate surface area is 246 Å². The number of thiophene rings is 1. The third kappa shape index (κ3) is 10.3. The number of ether oxygens (including phenoxy) is 3. The number of allylic oxidation sites excluding steroid dienone is 1. The predicted molar refractivity (Wildman–Crippen MR) is 161 cm³/mol. The molecule has 2 aliphatic heterocycles. The first kappa shape index (κ1) is 32.4. The molecule has 1 aromatic carbocycles. The van der Waals surface area contributed by atoms with Crippen molar-refractivity contribution in [1.29, 1.82) is 5.26 Å². The zero-order valence-electron chi connectivity index (χ0n) is 24.0. The normalized spacial score (nSPS) is 18.6. The smallest absolute Gasteiger partial charge is 0.320 e. The molecule has 0 bridgehead atoms. The van der Waals surface area contributed by atoms with Crippen molar-refractivity contribution in [2.75, 3.05) is 51.6 Å². The highest BCUT2D eigenvalue weighted by molar-refractivity contribution is 7.85. The molecule has 2 aromatic rings. The summed E-state index contributed by atoms with van der Waals surface area (Å²) in [6.45, 7) is 5.29. The molecule has 10 nitrogen and oxygen atoms in total. The fourth-order valence-electron chi connectivity index (χ4n) is 4.89. The highest BCUT2D eigenvalue weighted by atomic mass is 32.2. The molecular weight excluding hydrogens is 566 g/mol. The molecule has 2 fully saturated rings. The van der Waals surface area contributed by atoms with Gasteiger partial charge in [0, 0.05) is 36.9 Å². The summed E-state index contributed by atoms with van der Waals surface area (Å²) < 4.78 is 42.4. The molecule has 0 amide bonds. The molecule has 2 aliphatic rings. The molecule has 3 heterocycles. The van der Waals surface area contributed by atoms with Gasteiger partial charge in [-0.2, -0.15) is 13.7 Å². The number of methoxy groups -OCH3 is 2. The minimum Gasteiger partial charge on any atom is -0.493 e. The first-order valence-electron chi connectivity index (χ1n) is 13.6. The Morgan fingerprint density at radius 3 is 2.39 bits per heavy atom. The van der Waals surface area contributed by atoms with Gasteiger partial charge < -0.3 is 19.1 Å². The summed E-state index contributed by atoms with van der Waals surface area (Å²) in [5.74, 6) is 1.13. The fourth-order valence-corrected chi connectivity index (χ4v) is 5.89. The Hall–Kier alpha value is -3.11. The molecule has 4 rings (SSSR count). The van der Waals surface area contributed by atoms with Crippen molar-refractivity contribution in [2.24, 2.45) is 0 Å². The van der Waals surface area contributed by atoms with Crippen molar-refractivity contribution >= 4 is 44.1 Å². The van der Waals surface area contributed by atoms with E-state index in [1.54, 1.807) is 25.6 Å². The molecule has 1 N–H and O–H groups in total. The Morgan fingerprint density at radius 2 is 1.78 bits per heavy atom. The fraction of sp³-hybridized carbons (Fsp3) is 0.517. The Morgan fingerprint density at radius 1 is 1.10 bits per heavy atom. The van der Waals surface area contributed by atoms with Crippen LogP contribution in [0.1, 0.15) is 49.5 Å². The highest BCUT2D eigenvalue weighted by Gasteiger charge is 2.26. The van der Waals surface area contributed by atoms with E-state index in [1.165, 1.54) is 6.42 Å². The number of carbonyl (C=O) groups is 1. The van der Waals surface area contributed by atoms with Crippen LogP contribution < -0.4 is 14.4 Å². The molecule has 224 valence electrons. The molecule has 12 heteroatoms. The molecule has 0 aliphatic carbocycles. The summed E-state index contributed by atoms with van der Waals surface area (Å²) in [6.07, 6.45) is 7.85. The lowest BCUT2D eigenvalue weighted by molar-refractivity contribution is -0.152. The Bertz CT molecular complexity index is 1330. The summed E-state index contributed by atoms with van der Waals surface area (Å²) in [5.41, 5.74) is 1.35. The third-order valence-electron chi connectivity index (χ3n) is 7.04. The van der Waals surface area contributed by atoms with E-state index >= 15 is 0 Å². The average molecular weight is 606 g/mol. The quantitative estimate of drug-likeness (QED) is 0.256. The topological polar surface area (TPSA) is 129 Å². The summed E-state index contributed by atoms with van der Waals surface area (Å²) in [5, 5.41) is 10.9. The largest absolute Gasteiger partial charge is 0.493 e. The van der Waals surface area contributed by atoms with Crippen LogP contribution in [0.15, 0.2) is 30.3 Å². The van der Waals surface area contributed by atoms with E-state index in [-0.39, 0.29) is 12.1 Å². The number of hydrogen-bond acceptors (Lipinski definition) is 10. The van der Waals surface area contributed by atoms with Crippen LogP contribution in [0, 0.1) is 11.3 Å². The van der Waals surface area contributed by atoms with Crippen molar-refractivity contribution in [3.63, 3.8) is 0 Å². The molecule has 0 radical (unpaired) electrons. The van der Waals surface area contributed by atoms with Gasteiger partial charge in [0.25, 0.3) is 10.1 Å². The van der Waals surface area contributed by atoms with Gasteiger partial charge in [0.05, 0.1) is 43.7 Å². The zero-order chi connectivity index (χ0) is 30.0. The van der Waals surface area contributed by atoms with Gasteiger partial charge in [0.1, 0.15) is 6.10 Å². The molecule has 1 unspecified atom stereocenters. The van der Waals surface area contributed by atoms with Crippen molar-refractivity contribution < 1.29 is 32.0 Å². The van der Waals surface area contributed by atoms with E-state index in [1.807, 2.05) is 30.3 Å². The average Bonchev–Trinajstić information content (AvgIpc) is 3.40. The number of esters is 1. The van der Waals surface area contributed by atoms with Crippen molar-refractivity contribution in [2.45, 2.75) is 51.2 Å². The van der Waals surface area contributed by atoms with Crippen LogP contribution in [0.3, 0.4) is 0 Å². The first-order valence-corrected chi connectivity index (χ1v) is 16.2. The second-order valence-electron chi connectivity index (χ2n) is 10.1. The van der Waals surface area contributed by atoms with Crippen LogP contribution in [-0.4, -0.2) is 82.6 Å². The van der Waals surface area contributed by atoms with Crippen LogP contribution in [0.25, 0.3) is 11.6 Å². The lowest BCUT2D eigenvalue weighted by Crippen LogP contribution is -2.43. The number of carbonyl (C=O) groups excluding carboxylic acids is 1. The standard InChI is InChI=1S/C28H35N3O4S.CH4O3S/c1-20-6-4-5-13-31(20)19-28(32)35-23-11-14-30(15-12-23)27-10-8-24(36-27)16-22(18-29)21-7-9-25(33-2)26(17-21)34-3;1-5(2,3)4/h7-10,16-17,20,23H,4-6,11-15,19H2,1-3H3;1H3,(H,2,3,4). The molecule has 0 saturated carbocycles. The van der Waals surface area contributed by atoms with Crippen LogP contribution in [0.5, 0.6) is 11.5 Å². The number of anilines is 1. The number of nitrogens with zero attached hydrogens (tertiary/aromatic N) is 3. The van der Waals surface area contributed by atoms with Crippen molar-refractivity contribution in [3.8, 4) is 17.6 Å². The minimum atomic E-state index is -3.67. The number of rotatable bonds is 8. The minimum absolute atomic E-state index is 0.0107. The summed E-state index contributed by atoms with van der Waals surface area (Å²) >= 11 is 1.66. The molecule has 41 heavy (non-hydrogen) atoms. The van der Waals surface area contributed by atoms with Crippen molar-refractivity contribution in [1.82, 2.24) is 4.90 Å². The Kier molecular flexibility index (Phi) is 12.0. The van der Waals surface area contributed by atoms with Crippen LogP contribution in [0.4, 0.5) is 5.00 Å². The SMILES string of the molecule is COc1ccc(C(C#N)=Cc2ccc(N3CCC(OC(=O)CN4CCCCC4C)CC3)s2)cc1OC.CS(=O)(=O)O. The summed E-state index contributed by atoms with van der Waals surface area (Å²) in [7, 11) is -0.489. The molecule has 1 atom stereocenters. The number of piperidine rings is 2. The second-order valence-corrected chi connectivity index (χ2v) is 12.7. The summed E-state index contributed by atoms with van der Waals surface area (Å²) in [4.78, 5) is 18.1. The molecule has 1 aromatic heterocycles. The highest BCUT2D eigenvalue weighted by Crippen LogP contribution is 2.34. The molecular formula is C29H39N3O7S2. The molecule has 2 saturated heterocycles. The van der Waals surface area contributed by atoms with Crippen LogP contribution >= 0.6 is 11.3 Å². The second kappa shape index (κ2) is 15.2. The van der Waals surface area contributed by atoms with Crippen LogP contribution in [0.2, 0.25) is 0 Å². The predicted octanol–water partition coefficient (Wildman–Crippen LogP) is 4.72. The maximum absolute atomic E-state index is 12.5. The van der Waals surface area contributed by atoms with E-state index in [2.05, 4.69) is 28.9 Å². The zero-order valence-corrected chi connectivity index (χ0v) is 25.7. The first-order chi connectivity index (χ1) is 19.5. The number of likely N-dealkylation sites (tertiary alicyclic amines) is 1. The van der Waals surface area contributed by atoms with E-state index in [0.717, 1.165) is 60.8 Å². The van der Waals surface area contributed by atoms with E-state index in [4.69, 9.17) is 18.8 Å². The maximum atomic E-state index is 12.5. The van der Waals surface area contributed by atoms with Gasteiger partial charge in [-0.25, -0.2) is 0 Å². The third-order valence-corrected chi connectivity index (χ3v) is 8.13. The van der Waals surface area contributed by atoms with E-state index < -0.39 is 10.1 Å². The number of hydrogen-bond donors (Lipinski definition) is 1. The van der Waals surface area contributed by atoms with Crippen LogP contribution in [-0.2, 0) is 19.6 Å². The monoisotopic (exact) mass is 605 g/mol. The van der Waals surface area contributed by atoms with Gasteiger partial charge >= 0.3 is 5.97 Å². The lowest BCUT2D eigenvalue weighted by atomic mass is 10.0. The van der Waals surface area contributed by atoms with Gasteiger partial charge in [0.15, 0.2) is 11.5 Å². The van der Waals surface area contributed by atoms with Gasteiger partial charge in [-0.05, 0) is 68.3 Å². The number of benzene rings is 1. The van der Waals surface area contributed by atoms with E-state index in [0.29, 0.717) is 35.9 Å². The van der Waals surface area contributed by atoms with E-state index in [9.17, 15) is 18.5 Å². The summed E-state index contributed by atoms with van der Waals surface area (Å²) in [6, 6.07) is 12.4. The van der Waals surface area contributed by atoms with Gasteiger partial charge in [-0.15, -0.1) is 11.3 Å². The number of nitriles is 1. The Balaban J connectivity index is 0.000000850. The maximum Gasteiger partial charge on any atom is 0.320 e.